The summed E-state index contributed by atoms with van der Waals surface area (Å²) in [6.45, 7) is 1.47. The normalized spacial score (nSPS) is 11.9. The van der Waals surface area contributed by atoms with Crippen molar-refractivity contribution in [3.8, 4) is 0 Å². The molecular formula is C7H6AgO6S2-2. The average molecular weight is 358 g/mol. The largest absolute Gasteiger partial charge is 0.744 e. The van der Waals surface area contributed by atoms with Gasteiger partial charge in [-0.3, -0.25) is 0 Å². The monoisotopic (exact) mass is 357 g/mol. The molecule has 0 heterocycles. The summed E-state index contributed by atoms with van der Waals surface area (Å²) in [5.41, 5.74) is 0.372. The molecule has 6 nitrogen and oxygen atoms in total. The molecule has 0 aromatic heterocycles. The van der Waals surface area contributed by atoms with Crippen molar-refractivity contribution in [1.82, 2.24) is 0 Å². The first-order valence-electron chi connectivity index (χ1n) is 3.65. The van der Waals surface area contributed by atoms with Crippen LogP contribution in [0.2, 0.25) is 0 Å². The van der Waals surface area contributed by atoms with E-state index in [1.807, 2.05) is 0 Å². The van der Waals surface area contributed by atoms with Gasteiger partial charge < -0.3 is 9.11 Å². The maximum absolute atomic E-state index is 10.7. The Hall–Kier alpha value is -0.220. The van der Waals surface area contributed by atoms with Crippen molar-refractivity contribution in [1.29, 1.82) is 0 Å². The minimum absolute atomic E-state index is 0. The van der Waals surface area contributed by atoms with Gasteiger partial charge in [0.1, 0.15) is 20.2 Å². The van der Waals surface area contributed by atoms with E-state index in [0.29, 0.717) is 5.56 Å². The second-order valence-corrected chi connectivity index (χ2v) is 5.55. The summed E-state index contributed by atoms with van der Waals surface area (Å²) in [6, 6.07) is 2.90. The third-order valence-corrected chi connectivity index (χ3v) is 3.54. The Labute approximate surface area is 109 Å². The van der Waals surface area contributed by atoms with Gasteiger partial charge in [-0.15, -0.1) is 0 Å². The standard InChI is InChI=1S/C7H8O6S2.Ag/c1-5-2-3-6(14(8,9)10)7(4-5)15(11,12)13;/h2-4H,1H3,(H,8,9,10)(H,11,12,13);/p-2. The van der Waals surface area contributed by atoms with Gasteiger partial charge in [-0.05, 0) is 24.6 Å². The summed E-state index contributed by atoms with van der Waals surface area (Å²) in [5.74, 6) is 0. The van der Waals surface area contributed by atoms with Crippen LogP contribution in [0.3, 0.4) is 0 Å². The van der Waals surface area contributed by atoms with Crippen LogP contribution >= 0.6 is 0 Å². The Bertz CT molecular complexity index is 589. The SMILES string of the molecule is Cc1ccc(S(=O)(=O)[O-])c(S(=O)(=O)[O-])c1.[Ag]. The van der Waals surface area contributed by atoms with Crippen molar-refractivity contribution in [3.05, 3.63) is 23.8 Å². The quantitative estimate of drug-likeness (QED) is 0.534. The zero-order valence-corrected chi connectivity index (χ0v) is 10.9. The van der Waals surface area contributed by atoms with Crippen LogP contribution in [0.15, 0.2) is 28.0 Å². The van der Waals surface area contributed by atoms with Gasteiger partial charge in [-0.25, -0.2) is 16.8 Å². The number of aryl methyl sites for hydroxylation is 1. The molecule has 0 aliphatic rings. The van der Waals surface area contributed by atoms with Crippen LogP contribution in [0.25, 0.3) is 0 Å². The van der Waals surface area contributed by atoms with Crippen molar-refractivity contribution in [2.24, 2.45) is 0 Å². The van der Waals surface area contributed by atoms with Crippen LogP contribution in [0, 0.1) is 6.92 Å². The fraction of sp³-hybridized carbons (Fsp3) is 0.143. The van der Waals surface area contributed by atoms with E-state index >= 15 is 0 Å². The first kappa shape index (κ1) is 15.8. The summed E-state index contributed by atoms with van der Waals surface area (Å²) in [5, 5.41) is 0. The fourth-order valence-corrected chi connectivity index (χ4v) is 2.81. The van der Waals surface area contributed by atoms with Crippen molar-refractivity contribution >= 4 is 20.2 Å². The molecule has 0 saturated heterocycles. The molecule has 0 saturated carbocycles. The predicted molar refractivity (Wildman–Crippen MR) is 47.1 cm³/mol. The van der Waals surface area contributed by atoms with Gasteiger partial charge in [0.15, 0.2) is 0 Å². The third kappa shape index (κ3) is 3.67. The zero-order valence-electron chi connectivity index (χ0n) is 7.80. The Morgan fingerprint density at radius 1 is 0.938 bits per heavy atom. The Morgan fingerprint density at radius 3 is 1.75 bits per heavy atom. The summed E-state index contributed by atoms with van der Waals surface area (Å²) < 4.78 is 64.0. The molecule has 0 aliphatic heterocycles. The van der Waals surface area contributed by atoms with Gasteiger partial charge in [0.2, 0.25) is 0 Å². The van der Waals surface area contributed by atoms with Crippen LogP contribution in [0.4, 0.5) is 0 Å². The summed E-state index contributed by atoms with van der Waals surface area (Å²) in [6.07, 6.45) is 0. The molecule has 0 aliphatic carbocycles. The van der Waals surface area contributed by atoms with Crippen LogP contribution < -0.4 is 0 Å². The summed E-state index contributed by atoms with van der Waals surface area (Å²) in [7, 11) is -9.93. The molecular weight excluding hydrogens is 352 g/mol. The van der Waals surface area contributed by atoms with E-state index in [2.05, 4.69) is 0 Å². The van der Waals surface area contributed by atoms with Gasteiger partial charge in [-0.2, -0.15) is 0 Å². The summed E-state index contributed by atoms with van der Waals surface area (Å²) in [4.78, 5) is -2.01. The van der Waals surface area contributed by atoms with E-state index in [4.69, 9.17) is 0 Å². The molecule has 0 amide bonds. The summed E-state index contributed by atoms with van der Waals surface area (Å²) >= 11 is 0. The van der Waals surface area contributed by atoms with E-state index in [1.54, 1.807) is 0 Å². The first-order chi connectivity index (χ1) is 6.62. The van der Waals surface area contributed by atoms with Gasteiger partial charge in [0, 0.05) is 22.4 Å². The van der Waals surface area contributed by atoms with E-state index in [9.17, 15) is 25.9 Å². The van der Waals surface area contributed by atoms with E-state index in [1.165, 1.54) is 13.0 Å². The maximum atomic E-state index is 10.7. The molecule has 0 spiro atoms. The minimum Gasteiger partial charge on any atom is -0.744 e. The molecule has 1 radical (unpaired) electrons. The average Bonchev–Trinajstić information content (AvgIpc) is 2.00. The molecule has 0 bridgehead atoms. The smallest absolute Gasteiger partial charge is 0.125 e. The number of benzene rings is 1. The second-order valence-electron chi connectivity index (χ2n) is 2.86. The van der Waals surface area contributed by atoms with Crippen molar-refractivity contribution < 1.29 is 48.3 Å². The van der Waals surface area contributed by atoms with Crippen molar-refractivity contribution in [3.63, 3.8) is 0 Å². The van der Waals surface area contributed by atoms with Gasteiger partial charge in [0.25, 0.3) is 0 Å². The number of hydrogen-bond acceptors (Lipinski definition) is 6. The Balaban J connectivity index is 0.00000225. The molecule has 1 aromatic carbocycles. The van der Waals surface area contributed by atoms with Gasteiger partial charge in [0.05, 0.1) is 9.79 Å². The fourth-order valence-electron chi connectivity index (χ4n) is 1.02. The third-order valence-electron chi connectivity index (χ3n) is 1.64. The number of hydrogen-bond donors (Lipinski definition) is 0. The van der Waals surface area contributed by atoms with E-state index in [-0.39, 0.29) is 22.4 Å². The Morgan fingerprint density at radius 2 is 1.38 bits per heavy atom. The Kier molecular flexibility index (Phi) is 4.90. The molecule has 0 fully saturated rings. The molecule has 0 unspecified atom stereocenters. The molecule has 0 N–H and O–H groups in total. The number of rotatable bonds is 2. The minimum atomic E-state index is -4.97. The molecule has 95 valence electrons. The zero-order chi connectivity index (χ0) is 11.9. The van der Waals surface area contributed by atoms with Crippen molar-refractivity contribution in [2.45, 2.75) is 16.7 Å². The first-order valence-corrected chi connectivity index (χ1v) is 6.46. The van der Waals surface area contributed by atoms with Gasteiger partial charge in [-0.1, -0.05) is 6.07 Å². The van der Waals surface area contributed by atoms with Crippen LogP contribution in [-0.2, 0) is 42.6 Å². The predicted octanol–water partition coefficient (Wildman–Crippen LogP) is -0.199. The molecule has 1 rings (SSSR count). The van der Waals surface area contributed by atoms with Crippen LogP contribution in [-0.4, -0.2) is 25.9 Å². The molecule has 9 heteroatoms. The topological polar surface area (TPSA) is 114 Å². The maximum Gasteiger partial charge on any atom is 0.125 e. The molecule has 16 heavy (non-hydrogen) atoms. The van der Waals surface area contributed by atoms with Crippen LogP contribution in [0.5, 0.6) is 0 Å². The molecule has 1 aromatic rings. The van der Waals surface area contributed by atoms with E-state index < -0.39 is 30.0 Å². The molecule has 0 atom stereocenters. The van der Waals surface area contributed by atoms with E-state index in [0.717, 1.165) is 12.1 Å². The van der Waals surface area contributed by atoms with Crippen LogP contribution in [0.1, 0.15) is 5.56 Å². The van der Waals surface area contributed by atoms with Gasteiger partial charge >= 0.3 is 0 Å². The second kappa shape index (κ2) is 4.96. The van der Waals surface area contributed by atoms with Crippen molar-refractivity contribution in [2.75, 3.05) is 0 Å².